The third-order valence-corrected chi connectivity index (χ3v) is 2.85. The van der Waals surface area contributed by atoms with Gasteiger partial charge in [0.2, 0.25) is 5.78 Å². The predicted octanol–water partition coefficient (Wildman–Crippen LogP) is 2.83. The summed E-state index contributed by atoms with van der Waals surface area (Å²) in [5.41, 5.74) is 1.45. The first-order valence-electron chi connectivity index (χ1n) is 6.16. The highest BCUT2D eigenvalue weighted by Crippen LogP contribution is 2.15. The molecule has 0 radical (unpaired) electrons. The van der Waals surface area contributed by atoms with Crippen molar-refractivity contribution in [2.75, 3.05) is 0 Å². The molecule has 19 heavy (non-hydrogen) atoms. The Bertz CT molecular complexity index is 532. The number of ether oxygens (including phenoxy) is 1. The molecule has 3 nitrogen and oxygen atoms in total. The Morgan fingerprint density at radius 2 is 1.74 bits per heavy atom. The zero-order valence-electron chi connectivity index (χ0n) is 10.7. The van der Waals surface area contributed by atoms with Crippen molar-refractivity contribution in [3.8, 4) is 5.75 Å². The van der Waals surface area contributed by atoms with Crippen molar-refractivity contribution in [2.24, 2.45) is 0 Å². The molecule has 1 N–H and O–H groups in total. The second kappa shape index (κ2) is 6.16. The molecule has 3 heteroatoms. The zero-order valence-corrected chi connectivity index (χ0v) is 10.7. The third kappa shape index (κ3) is 3.42. The molecular weight excluding hydrogens is 240 g/mol. The van der Waals surface area contributed by atoms with Crippen LogP contribution in [-0.2, 0) is 6.61 Å². The second-order valence-corrected chi connectivity index (χ2v) is 4.29. The molecular formula is C16H16O3. The molecule has 1 unspecified atom stereocenters. The standard InChI is InChI=1S/C16H16O3/c1-12(16(18)14-5-3-2-4-6-14)19-15-9-7-13(11-17)8-10-15/h2-10,12,17H,11H2,1H3. The number of rotatable bonds is 5. The lowest BCUT2D eigenvalue weighted by Crippen LogP contribution is -2.23. The van der Waals surface area contributed by atoms with Crippen LogP contribution < -0.4 is 4.74 Å². The van der Waals surface area contributed by atoms with Gasteiger partial charge in [0.05, 0.1) is 6.61 Å². The number of hydrogen-bond donors (Lipinski definition) is 1. The number of carbonyl (C=O) groups is 1. The molecule has 98 valence electrons. The van der Waals surface area contributed by atoms with Crippen LogP contribution in [0.4, 0.5) is 0 Å². The van der Waals surface area contributed by atoms with E-state index in [1.54, 1.807) is 43.3 Å². The van der Waals surface area contributed by atoms with Crippen molar-refractivity contribution >= 4 is 5.78 Å². The summed E-state index contributed by atoms with van der Waals surface area (Å²) < 4.78 is 5.60. The summed E-state index contributed by atoms with van der Waals surface area (Å²) >= 11 is 0. The average Bonchev–Trinajstić information content (AvgIpc) is 2.48. The molecule has 0 saturated carbocycles. The zero-order chi connectivity index (χ0) is 13.7. The average molecular weight is 256 g/mol. The SMILES string of the molecule is CC(Oc1ccc(CO)cc1)C(=O)c1ccccc1. The van der Waals surface area contributed by atoms with Crippen LogP contribution in [0.2, 0.25) is 0 Å². The molecule has 2 aromatic carbocycles. The van der Waals surface area contributed by atoms with E-state index < -0.39 is 6.10 Å². The molecule has 0 fully saturated rings. The quantitative estimate of drug-likeness (QED) is 0.837. The maximum absolute atomic E-state index is 12.1. The van der Waals surface area contributed by atoms with Gasteiger partial charge in [-0.2, -0.15) is 0 Å². The lowest BCUT2D eigenvalue weighted by molar-refractivity contribution is 0.0818. The number of aliphatic hydroxyl groups excluding tert-OH is 1. The number of hydrogen-bond acceptors (Lipinski definition) is 3. The maximum atomic E-state index is 12.1. The first kappa shape index (κ1) is 13.3. The van der Waals surface area contributed by atoms with Gasteiger partial charge in [-0.3, -0.25) is 4.79 Å². The molecule has 0 aliphatic carbocycles. The highest BCUT2D eigenvalue weighted by atomic mass is 16.5. The normalized spacial score (nSPS) is 11.9. The molecule has 0 saturated heterocycles. The van der Waals surface area contributed by atoms with Crippen LogP contribution in [0.5, 0.6) is 5.75 Å². The van der Waals surface area contributed by atoms with Gasteiger partial charge in [-0.05, 0) is 24.6 Å². The van der Waals surface area contributed by atoms with Gasteiger partial charge < -0.3 is 9.84 Å². The van der Waals surface area contributed by atoms with Gasteiger partial charge in [0.1, 0.15) is 5.75 Å². The molecule has 0 amide bonds. The van der Waals surface area contributed by atoms with Crippen LogP contribution in [0.3, 0.4) is 0 Å². The van der Waals surface area contributed by atoms with Crippen molar-refractivity contribution in [1.82, 2.24) is 0 Å². The van der Waals surface area contributed by atoms with Crippen LogP contribution in [0, 0.1) is 0 Å². The molecule has 0 aliphatic heterocycles. The molecule has 2 aromatic rings. The van der Waals surface area contributed by atoms with E-state index in [1.165, 1.54) is 0 Å². The number of carbonyl (C=O) groups excluding carboxylic acids is 1. The van der Waals surface area contributed by atoms with Gasteiger partial charge >= 0.3 is 0 Å². The van der Waals surface area contributed by atoms with Crippen LogP contribution in [0.1, 0.15) is 22.8 Å². The highest BCUT2D eigenvalue weighted by Gasteiger charge is 2.16. The minimum atomic E-state index is -0.539. The second-order valence-electron chi connectivity index (χ2n) is 4.29. The Kier molecular flexibility index (Phi) is 4.31. The minimum Gasteiger partial charge on any atom is -0.483 e. The van der Waals surface area contributed by atoms with Crippen molar-refractivity contribution in [3.63, 3.8) is 0 Å². The lowest BCUT2D eigenvalue weighted by Gasteiger charge is -2.14. The molecule has 0 aromatic heterocycles. The smallest absolute Gasteiger partial charge is 0.202 e. The van der Waals surface area contributed by atoms with E-state index in [-0.39, 0.29) is 12.4 Å². The van der Waals surface area contributed by atoms with Crippen molar-refractivity contribution in [3.05, 3.63) is 65.7 Å². The van der Waals surface area contributed by atoms with Crippen LogP contribution >= 0.6 is 0 Å². The van der Waals surface area contributed by atoms with Gasteiger partial charge in [0.15, 0.2) is 6.10 Å². The fourth-order valence-corrected chi connectivity index (χ4v) is 1.77. The summed E-state index contributed by atoms with van der Waals surface area (Å²) in [6, 6.07) is 16.1. The number of benzene rings is 2. The van der Waals surface area contributed by atoms with Crippen molar-refractivity contribution in [1.29, 1.82) is 0 Å². The molecule has 0 aliphatic rings. The van der Waals surface area contributed by atoms with Crippen LogP contribution in [0.25, 0.3) is 0 Å². The monoisotopic (exact) mass is 256 g/mol. The van der Waals surface area contributed by atoms with Crippen LogP contribution in [0.15, 0.2) is 54.6 Å². The van der Waals surface area contributed by atoms with E-state index in [0.29, 0.717) is 11.3 Å². The number of aliphatic hydroxyl groups is 1. The number of ketones is 1. The Morgan fingerprint density at radius 1 is 1.11 bits per heavy atom. The van der Waals surface area contributed by atoms with Crippen molar-refractivity contribution < 1.29 is 14.6 Å². The maximum Gasteiger partial charge on any atom is 0.202 e. The van der Waals surface area contributed by atoms with E-state index in [4.69, 9.17) is 9.84 Å². The van der Waals surface area contributed by atoms with E-state index in [9.17, 15) is 4.79 Å². The van der Waals surface area contributed by atoms with Gasteiger partial charge in [-0.15, -0.1) is 0 Å². The van der Waals surface area contributed by atoms with E-state index in [0.717, 1.165) is 5.56 Å². The molecule has 1 atom stereocenters. The Balaban J connectivity index is 2.04. The van der Waals surface area contributed by atoms with Gasteiger partial charge in [-0.25, -0.2) is 0 Å². The van der Waals surface area contributed by atoms with Gasteiger partial charge in [0, 0.05) is 5.56 Å². The van der Waals surface area contributed by atoms with Crippen LogP contribution in [-0.4, -0.2) is 17.0 Å². The van der Waals surface area contributed by atoms with E-state index in [1.807, 2.05) is 18.2 Å². The summed E-state index contributed by atoms with van der Waals surface area (Å²) in [7, 11) is 0. The fourth-order valence-electron chi connectivity index (χ4n) is 1.77. The topological polar surface area (TPSA) is 46.5 Å². The van der Waals surface area contributed by atoms with Gasteiger partial charge in [0.25, 0.3) is 0 Å². The largest absolute Gasteiger partial charge is 0.483 e. The molecule has 2 rings (SSSR count). The Morgan fingerprint density at radius 3 is 2.32 bits per heavy atom. The summed E-state index contributed by atoms with van der Waals surface area (Å²) in [5.74, 6) is 0.570. The third-order valence-electron chi connectivity index (χ3n) is 2.85. The van der Waals surface area contributed by atoms with E-state index >= 15 is 0 Å². The Labute approximate surface area is 112 Å². The predicted molar refractivity (Wildman–Crippen MR) is 73.2 cm³/mol. The highest BCUT2D eigenvalue weighted by molar-refractivity contribution is 5.99. The summed E-state index contributed by atoms with van der Waals surface area (Å²) in [6.45, 7) is 1.73. The first-order valence-corrected chi connectivity index (χ1v) is 6.16. The fraction of sp³-hybridized carbons (Fsp3) is 0.188. The first-order chi connectivity index (χ1) is 9.20. The molecule has 0 bridgehead atoms. The summed E-state index contributed by atoms with van der Waals surface area (Å²) in [6.07, 6.45) is -0.539. The lowest BCUT2D eigenvalue weighted by atomic mass is 10.1. The molecule has 0 heterocycles. The Hall–Kier alpha value is -2.13. The van der Waals surface area contributed by atoms with Gasteiger partial charge in [-0.1, -0.05) is 42.5 Å². The molecule has 0 spiro atoms. The summed E-state index contributed by atoms with van der Waals surface area (Å²) in [5, 5.41) is 8.95. The number of Topliss-reactive ketones (excluding diaryl/α,β-unsaturated/α-hetero) is 1. The minimum absolute atomic E-state index is 0.00121. The summed E-state index contributed by atoms with van der Waals surface area (Å²) in [4.78, 5) is 12.1. The van der Waals surface area contributed by atoms with Crippen molar-refractivity contribution in [2.45, 2.75) is 19.6 Å². The van der Waals surface area contributed by atoms with E-state index in [2.05, 4.69) is 0 Å².